The van der Waals surface area contributed by atoms with Crippen LogP contribution in [-0.4, -0.2) is 36.5 Å². The largest absolute Gasteiger partial charge is 0.484 e. The molecule has 1 aromatic rings. The van der Waals surface area contributed by atoms with Crippen LogP contribution in [0.4, 0.5) is 0 Å². The number of rotatable bonds is 3. The minimum Gasteiger partial charge on any atom is -0.484 e. The summed E-state index contributed by atoms with van der Waals surface area (Å²) < 4.78 is 5.49. The van der Waals surface area contributed by atoms with Crippen LogP contribution in [0.2, 0.25) is 10.0 Å². The van der Waals surface area contributed by atoms with E-state index in [2.05, 4.69) is 13.8 Å². The maximum atomic E-state index is 12.2. The lowest BCUT2D eigenvalue weighted by Crippen LogP contribution is -2.54. The average Bonchev–Trinajstić information content (AvgIpc) is 2.38. The van der Waals surface area contributed by atoms with E-state index in [1.54, 1.807) is 23.1 Å². The fourth-order valence-corrected chi connectivity index (χ4v) is 2.94. The molecular formula is C15H21Cl3N2O2. The molecule has 22 heavy (non-hydrogen) atoms. The minimum absolute atomic E-state index is 0. The predicted octanol–water partition coefficient (Wildman–Crippen LogP) is 3.38. The highest BCUT2D eigenvalue weighted by atomic mass is 35.5. The molecule has 0 aliphatic carbocycles. The van der Waals surface area contributed by atoms with Gasteiger partial charge in [0.15, 0.2) is 6.61 Å². The molecule has 2 rings (SSSR count). The molecule has 7 heteroatoms. The van der Waals surface area contributed by atoms with Crippen molar-refractivity contribution in [3.05, 3.63) is 28.2 Å². The number of nitrogens with zero attached hydrogens (tertiary/aromatic N) is 1. The summed E-state index contributed by atoms with van der Waals surface area (Å²) >= 11 is 11.8. The zero-order valence-electron chi connectivity index (χ0n) is 12.6. The molecule has 0 radical (unpaired) electrons. The van der Waals surface area contributed by atoms with Gasteiger partial charge < -0.3 is 15.4 Å². The van der Waals surface area contributed by atoms with Gasteiger partial charge in [0.2, 0.25) is 0 Å². The van der Waals surface area contributed by atoms with Crippen LogP contribution in [-0.2, 0) is 4.79 Å². The summed E-state index contributed by atoms with van der Waals surface area (Å²) in [6.45, 7) is 5.45. The fraction of sp³-hybridized carbons (Fsp3) is 0.533. The molecule has 1 saturated heterocycles. The first-order valence-electron chi connectivity index (χ1n) is 6.90. The summed E-state index contributed by atoms with van der Waals surface area (Å²) in [4.78, 5) is 14.0. The average molecular weight is 368 g/mol. The molecule has 1 fully saturated rings. The lowest BCUT2D eigenvalue weighted by atomic mass is 9.80. The third-order valence-corrected chi connectivity index (χ3v) is 4.30. The molecule has 4 nitrogen and oxygen atoms in total. The van der Waals surface area contributed by atoms with Crippen LogP contribution >= 0.6 is 35.6 Å². The molecule has 2 N–H and O–H groups in total. The Morgan fingerprint density at radius 2 is 1.95 bits per heavy atom. The Bertz CT molecular complexity index is 517. The number of ether oxygens (including phenoxy) is 1. The van der Waals surface area contributed by atoms with Gasteiger partial charge in [-0.1, -0.05) is 37.0 Å². The van der Waals surface area contributed by atoms with Crippen molar-refractivity contribution in [2.45, 2.75) is 26.3 Å². The normalized spacial score (nSPS) is 20.2. The topological polar surface area (TPSA) is 55.6 Å². The van der Waals surface area contributed by atoms with E-state index < -0.39 is 0 Å². The van der Waals surface area contributed by atoms with Gasteiger partial charge in [0.1, 0.15) is 5.75 Å². The second kappa shape index (κ2) is 7.73. The van der Waals surface area contributed by atoms with E-state index in [1.807, 2.05) is 0 Å². The van der Waals surface area contributed by atoms with Crippen molar-refractivity contribution in [1.29, 1.82) is 0 Å². The molecule has 124 valence electrons. The van der Waals surface area contributed by atoms with Crippen LogP contribution in [0.3, 0.4) is 0 Å². The van der Waals surface area contributed by atoms with Gasteiger partial charge in [-0.15, -0.1) is 12.4 Å². The van der Waals surface area contributed by atoms with E-state index in [0.29, 0.717) is 28.9 Å². The molecule has 0 aromatic heterocycles. The number of amides is 1. The van der Waals surface area contributed by atoms with E-state index in [0.717, 1.165) is 6.42 Å². The van der Waals surface area contributed by atoms with Crippen LogP contribution in [0.15, 0.2) is 18.2 Å². The maximum absolute atomic E-state index is 12.2. The highest BCUT2D eigenvalue weighted by molar-refractivity contribution is 6.34. The van der Waals surface area contributed by atoms with Crippen LogP contribution in [0.25, 0.3) is 0 Å². The number of hydrogen-bond donors (Lipinski definition) is 1. The molecule has 0 saturated carbocycles. The second-order valence-electron chi connectivity index (χ2n) is 6.09. The number of carbonyl (C=O) groups excluding carboxylic acids is 1. The summed E-state index contributed by atoms with van der Waals surface area (Å²) in [7, 11) is 0. The SMILES string of the molecule is CC1(C)CN(C(=O)COc2cc(Cl)cc(Cl)c2)CCC1N.Cl. The number of hydrogen-bond acceptors (Lipinski definition) is 3. The number of halogens is 3. The van der Waals surface area contributed by atoms with E-state index in [9.17, 15) is 4.79 Å². The van der Waals surface area contributed by atoms with E-state index in [1.165, 1.54) is 0 Å². The van der Waals surface area contributed by atoms with E-state index in [-0.39, 0.29) is 36.4 Å². The molecule has 1 aliphatic heterocycles. The van der Waals surface area contributed by atoms with Gasteiger partial charge in [-0.25, -0.2) is 0 Å². The van der Waals surface area contributed by atoms with E-state index in [4.69, 9.17) is 33.7 Å². The van der Waals surface area contributed by atoms with Gasteiger partial charge in [-0.3, -0.25) is 4.79 Å². The lowest BCUT2D eigenvalue weighted by Gasteiger charge is -2.42. The zero-order valence-corrected chi connectivity index (χ0v) is 15.0. The summed E-state index contributed by atoms with van der Waals surface area (Å²) in [6.07, 6.45) is 0.807. The number of likely N-dealkylation sites (tertiary alicyclic amines) is 1. The van der Waals surface area contributed by atoms with Crippen molar-refractivity contribution in [2.75, 3.05) is 19.7 Å². The van der Waals surface area contributed by atoms with Crippen molar-refractivity contribution < 1.29 is 9.53 Å². The van der Waals surface area contributed by atoms with Gasteiger partial charge >= 0.3 is 0 Å². The molecule has 1 unspecified atom stereocenters. The Kier molecular flexibility index (Phi) is 6.81. The van der Waals surface area contributed by atoms with Crippen molar-refractivity contribution in [2.24, 2.45) is 11.1 Å². The smallest absolute Gasteiger partial charge is 0.260 e. The highest BCUT2D eigenvalue weighted by Gasteiger charge is 2.35. The third-order valence-electron chi connectivity index (χ3n) is 3.86. The van der Waals surface area contributed by atoms with E-state index >= 15 is 0 Å². The molecule has 0 spiro atoms. The maximum Gasteiger partial charge on any atom is 0.260 e. The Morgan fingerprint density at radius 3 is 2.50 bits per heavy atom. The molecule has 0 bridgehead atoms. The number of piperidine rings is 1. The predicted molar refractivity (Wildman–Crippen MR) is 92.2 cm³/mol. The van der Waals surface area contributed by atoms with Crippen LogP contribution < -0.4 is 10.5 Å². The second-order valence-corrected chi connectivity index (χ2v) is 6.97. The van der Waals surface area contributed by atoms with Crippen LogP contribution in [0.1, 0.15) is 20.3 Å². The lowest BCUT2D eigenvalue weighted by molar-refractivity contribution is -0.136. The first-order valence-corrected chi connectivity index (χ1v) is 7.66. The first-order chi connectivity index (χ1) is 9.78. The van der Waals surface area contributed by atoms with Gasteiger partial charge in [-0.2, -0.15) is 0 Å². The summed E-state index contributed by atoms with van der Waals surface area (Å²) in [5, 5.41) is 0.963. The van der Waals surface area contributed by atoms with Crippen molar-refractivity contribution >= 4 is 41.5 Å². The van der Waals surface area contributed by atoms with Crippen LogP contribution in [0.5, 0.6) is 5.75 Å². The molecule has 1 amide bonds. The summed E-state index contributed by atoms with van der Waals surface area (Å²) in [5.74, 6) is 0.444. The number of nitrogens with two attached hydrogens (primary N) is 1. The van der Waals surface area contributed by atoms with Gasteiger partial charge in [0, 0.05) is 29.2 Å². The number of benzene rings is 1. The Hall–Kier alpha value is -0.680. The van der Waals surface area contributed by atoms with Crippen LogP contribution in [0, 0.1) is 5.41 Å². The monoisotopic (exact) mass is 366 g/mol. The molecule has 1 aliphatic rings. The van der Waals surface area contributed by atoms with Crippen molar-refractivity contribution in [1.82, 2.24) is 4.90 Å². The summed E-state index contributed by atoms with van der Waals surface area (Å²) in [5.41, 5.74) is 6.00. The first kappa shape index (κ1) is 19.4. The van der Waals surface area contributed by atoms with Gasteiger partial charge in [0.25, 0.3) is 5.91 Å². The van der Waals surface area contributed by atoms with Crippen molar-refractivity contribution in [3.8, 4) is 5.75 Å². The number of carbonyl (C=O) groups is 1. The Morgan fingerprint density at radius 1 is 1.36 bits per heavy atom. The standard InChI is InChI=1S/C15H20Cl2N2O2.ClH/c1-15(2)9-19(4-3-13(15)18)14(20)8-21-12-6-10(16)5-11(17)7-12;/h5-7,13H,3-4,8-9,18H2,1-2H3;1H. The molecule has 1 heterocycles. The zero-order chi connectivity index (χ0) is 15.6. The summed E-state index contributed by atoms with van der Waals surface area (Å²) in [6, 6.07) is 5.01. The Balaban J connectivity index is 0.00000242. The molecule has 1 aromatic carbocycles. The van der Waals surface area contributed by atoms with Gasteiger partial charge in [0.05, 0.1) is 0 Å². The van der Waals surface area contributed by atoms with Crippen molar-refractivity contribution in [3.63, 3.8) is 0 Å². The quantitative estimate of drug-likeness (QED) is 0.891. The molecular weight excluding hydrogens is 347 g/mol. The third kappa shape index (κ3) is 4.92. The minimum atomic E-state index is -0.0761. The molecule has 1 atom stereocenters. The Labute approximate surface area is 147 Å². The fourth-order valence-electron chi connectivity index (χ4n) is 2.43. The highest BCUT2D eigenvalue weighted by Crippen LogP contribution is 2.28. The van der Waals surface area contributed by atoms with Gasteiger partial charge in [-0.05, 0) is 30.0 Å².